The third-order valence-electron chi connectivity index (χ3n) is 3.78. The summed E-state index contributed by atoms with van der Waals surface area (Å²) in [6.07, 6.45) is -1.81. The van der Waals surface area contributed by atoms with Crippen LogP contribution in [0.4, 0.5) is 0 Å². The van der Waals surface area contributed by atoms with Crippen molar-refractivity contribution in [2.24, 2.45) is 0 Å². The summed E-state index contributed by atoms with van der Waals surface area (Å²) in [5.74, 6) is 0.639. The number of rotatable bonds is 4. The molecule has 1 aromatic rings. The summed E-state index contributed by atoms with van der Waals surface area (Å²) in [5, 5.41) is 20.6. The minimum absolute atomic E-state index is 0.319. The maximum Gasteiger partial charge on any atom is 0.184 e. The average molecular weight is 324 g/mol. The molecule has 0 saturated carbocycles. The van der Waals surface area contributed by atoms with Crippen molar-refractivity contribution in [2.45, 2.75) is 36.1 Å². The Labute approximate surface area is 133 Å². The van der Waals surface area contributed by atoms with E-state index >= 15 is 0 Å². The monoisotopic (exact) mass is 324 g/mol. The van der Waals surface area contributed by atoms with Gasteiger partial charge in [0, 0.05) is 11.3 Å². The van der Waals surface area contributed by atoms with E-state index in [-0.39, 0.29) is 6.10 Å². The molecule has 120 valence electrons. The number of hydrogen-bond acceptors (Lipinski definition) is 6. The Kier molecular flexibility index (Phi) is 5.18. The molecule has 0 aromatic heterocycles. The van der Waals surface area contributed by atoms with E-state index in [9.17, 15) is 10.2 Å². The molecule has 1 unspecified atom stereocenters. The van der Waals surface area contributed by atoms with Gasteiger partial charge in [-0.05, 0) is 0 Å². The summed E-state index contributed by atoms with van der Waals surface area (Å²) in [7, 11) is 0. The summed E-state index contributed by atoms with van der Waals surface area (Å²) in [6, 6.07) is 9.52. The first-order valence-electron chi connectivity index (χ1n) is 7.27. The topological polar surface area (TPSA) is 68.2 Å². The molecule has 0 radical (unpaired) electrons. The Bertz CT molecular complexity index is 495. The van der Waals surface area contributed by atoms with E-state index in [2.05, 4.69) is 6.58 Å². The van der Waals surface area contributed by atoms with Crippen LogP contribution in [0.25, 0.3) is 0 Å². The Balaban J connectivity index is 1.69. The second kappa shape index (κ2) is 7.12. The highest BCUT2D eigenvalue weighted by atomic mass is 32.2. The van der Waals surface area contributed by atoms with Gasteiger partial charge in [-0.3, -0.25) is 0 Å². The molecule has 5 nitrogen and oxygen atoms in total. The maximum atomic E-state index is 10.4. The highest BCUT2D eigenvalue weighted by molar-refractivity contribution is 7.99. The van der Waals surface area contributed by atoms with Crippen molar-refractivity contribution < 1.29 is 24.4 Å². The van der Waals surface area contributed by atoms with Gasteiger partial charge in [0.05, 0.1) is 6.61 Å². The maximum absolute atomic E-state index is 10.4. The normalized spacial score (nSPS) is 38.3. The molecule has 2 fully saturated rings. The van der Waals surface area contributed by atoms with Crippen molar-refractivity contribution in [3.05, 3.63) is 48.6 Å². The number of ether oxygens (including phenoxy) is 3. The Morgan fingerprint density at radius 3 is 2.68 bits per heavy atom. The van der Waals surface area contributed by atoms with E-state index in [1.807, 2.05) is 30.3 Å². The zero-order valence-corrected chi connectivity index (χ0v) is 12.9. The Morgan fingerprint density at radius 2 is 1.95 bits per heavy atom. The largest absolute Gasteiger partial charge is 0.387 e. The van der Waals surface area contributed by atoms with E-state index < -0.39 is 30.0 Å². The number of fused-ring (bicyclic) bond motifs is 1. The first kappa shape index (κ1) is 16.0. The van der Waals surface area contributed by atoms with Gasteiger partial charge in [0.2, 0.25) is 0 Å². The first-order valence-corrected chi connectivity index (χ1v) is 8.31. The van der Waals surface area contributed by atoms with Gasteiger partial charge < -0.3 is 24.4 Å². The molecule has 0 spiro atoms. The standard InChI is InChI=1S/C16H20O5S/c1-2-8-22-16-13(18)12(17)14-11(20-16)9-19-15(21-14)10-6-4-3-5-7-10/h2-7,11-18H,1,8-9H2/t11-,12-,13+,14-,15?,16-/m1/s1. The highest BCUT2D eigenvalue weighted by Crippen LogP contribution is 2.36. The second-order valence-electron chi connectivity index (χ2n) is 5.32. The van der Waals surface area contributed by atoms with E-state index in [0.29, 0.717) is 12.4 Å². The molecule has 2 N–H and O–H groups in total. The minimum Gasteiger partial charge on any atom is -0.387 e. The fourth-order valence-electron chi connectivity index (χ4n) is 2.66. The van der Waals surface area contributed by atoms with Crippen LogP contribution in [0, 0.1) is 0 Å². The molecule has 2 heterocycles. The summed E-state index contributed by atoms with van der Waals surface area (Å²) < 4.78 is 17.3. The number of hydrogen-bond donors (Lipinski definition) is 2. The van der Waals surface area contributed by atoms with Crippen LogP contribution < -0.4 is 0 Å². The molecule has 2 saturated heterocycles. The molecule has 2 aliphatic heterocycles. The van der Waals surface area contributed by atoms with Crippen LogP contribution in [0.2, 0.25) is 0 Å². The van der Waals surface area contributed by atoms with Crippen molar-refractivity contribution in [3.8, 4) is 0 Å². The molecule has 3 rings (SSSR count). The summed E-state index contributed by atoms with van der Waals surface area (Å²) >= 11 is 1.40. The van der Waals surface area contributed by atoms with Gasteiger partial charge in [0.1, 0.15) is 29.9 Å². The fraction of sp³-hybridized carbons (Fsp3) is 0.500. The van der Waals surface area contributed by atoms with Gasteiger partial charge in [0.15, 0.2) is 6.29 Å². The number of aliphatic hydroxyl groups excluding tert-OH is 2. The van der Waals surface area contributed by atoms with Crippen molar-refractivity contribution in [3.63, 3.8) is 0 Å². The number of aliphatic hydroxyl groups is 2. The van der Waals surface area contributed by atoms with Crippen LogP contribution in [-0.4, -0.2) is 52.4 Å². The molecular weight excluding hydrogens is 304 g/mol. The lowest BCUT2D eigenvalue weighted by Gasteiger charge is -2.46. The molecule has 0 bridgehead atoms. The lowest BCUT2D eigenvalue weighted by molar-refractivity contribution is -0.318. The Morgan fingerprint density at radius 1 is 1.18 bits per heavy atom. The van der Waals surface area contributed by atoms with Gasteiger partial charge in [-0.2, -0.15) is 0 Å². The predicted molar refractivity (Wildman–Crippen MR) is 83.3 cm³/mol. The second-order valence-corrected chi connectivity index (χ2v) is 6.45. The fourth-order valence-corrected chi connectivity index (χ4v) is 3.56. The molecule has 0 amide bonds. The quantitative estimate of drug-likeness (QED) is 0.818. The number of benzene rings is 1. The molecule has 0 aliphatic carbocycles. The van der Waals surface area contributed by atoms with Crippen LogP contribution in [-0.2, 0) is 14.2 Å². The first-order chi connectivity index (χ1) is 10.7. The van der Waals surface area contributed by atoms with Crippen LogP contribution in [0.1, 0.15) is 11.9 Å². The van der Waals surface area contributed by atoms with Gasteiger partial charge >= 0.3 is 0 Å². The molecular formula is C16H20O5S. The third kappa shape index (κ3) is 3.22. The van der Waals surface area contributed by atoms with E-state index in [1.54, 1.807) is 6.08 Å². The lowest BCUT2D eigenvalue weighted by Crippen LogP contribution is -2.60. The van der Waals surface area contributed by atoms with Crippen LogP contribution in [0.15, 0.2) is 43.0 Å². The summed E-state index contributed by atoms with van der Waals surface area (Å²) in [4.78, 5) is 0. The molecule has 1 aromatic carbocycles. The summed E-state index contributed by atoms with van der Waals surface area (Å²) in [6.45, 7) is 3.96. The molecule has 6 heteroatoms. The smallest absolute Gasteiger partial charge is 0.184 e. The van der Waals surface area contributed by atoms with Crippen molar-refractivity contribution >= 4 is 11.8 Å². The van der Waals surface area contributed by atoms with Crippen molar-refractivity contribution in [2.75, 3.05) is 12.4 Å². The van der Waals surface area contributed by atoms with Gasteiger partial charge in [-0.25, -0.2) is 0 Å². The zero-order chi connectivity index (χ0) is 15.5. The van der Waals surface area contributed by atoms with E-state index in [1.165, 1.54) is 11.8 Å². The van der Waals surface area contributed by atoms with Crippen molar-refractivity contribution in [1.29, 1.82) is 0 Å². The van der Waals surface area contributed by atoms with Crippen LogP contribution >= 0.6 is 11.8 Å². The van der Waals surface area contributed by atoms with E-state index in [4.69, 9.17) is 14.2 Å². The lowest BCUT2D eigenvalue weighted by atomic mass is 9.99. The van der Waals surface area contributed by atoms with Crippen LogP contribution in [0.5, 0.6) is 0 Å². The zero-order valence-electron chi connectivity index (χ0n) is 12.1. The third-order valence-corrected chi connectivity index (χ3v) is 4.93. The summed E-state index contributed by atoms with van der Waals surface area (Å²) in [5.41, 5.74) is 0.375. The van der Waals surface area contributed by atoms with Gasteiger partial charge in [0.25, 0.3) is 0 Å². The van der Waals surface area contributed by atoms with Crippen molar-refractivity contribution in [1.82, 2.24) is 0 Å². The van der Waals surface area contributed by atoms with E-state index in [0.717, 1.165) is 5.56 Å². The van der Waals surface area contributed by atoms with Gasteiger partial charge in [-0.1, -0.05) is 36.4 Å². The van der Waals surface area contributed by atoms with Gasteiger partial charge in [-0.15, -0.1) is 18.3 Å². The predicted octanol–water partition coefficient (Wildman–Crippen LogP) is 1.47. The average Bonchev–Trinajstić information content (AvgIpc) is 2.57. The number of thioether (sulfide) groups is 1. The molecule has 2 aliphatic rings. The van der Waals surface area contributed by atoms with Crippen LogP contribution in [0.3, 0.4) is 0 Å². The molecule has 22 heavy (non-hydrogen) atoms. The Hall–Kier alpha value is -0.890. The highest BCUT2D eigenvalue weighted by Gasteiger charge is 2.48. The molecule has 6 atom stereocenters. The SMILES string of the molecule is C=CCS[C@H]1O[C@@H]2COC(c3ccccc3)O[C@H]2[C@H](O)[C@@H]1O. The minimum atomic E-state index is -1.00.